The topological polar surface area (TPSA) is 66.4 Å². The number of carbonyl (C=O) groups is 2. The molecule has 2 aliphatic carbocycles. The van der Waals surface area contributed by atoms with Crippen LogP contribution < -0.4 is 5.32 Å². The van der Waals surface area contributed by atoms with Gasteiger partial charge in [0.25, 0.3) is 0 Å². The summed E-state index contributed by atoms with van der Waals surface area (Å²) in [7, 11) is 0. The van der Waals surface area contributed by atoms with Crippen LogP contribution in [0.1, 0.15) is 44.9 Å². The summed E-state index contributed by atoms with van der Waals surface area (Å²) in [6, 6.07) is 0. The highest BCUT2D eigenvalue weighted by atomic mass is 16.4. The van der Waals surface area contributed by atoms with E-state index in [1.165, 1.54) is 0 Å². The van der Waals surface area contributed by atoms with Gasteiger partial charge in [-0.2, -0.15) is 0 Å². The van der Waals surface area contributed by atoms with Gasteiger partial charge in [-0.15, -0.1) is 0 Å². The zero-order chi connectivity index (χ0) is 13.7. The van der Waals surface area contributed by atoms with Crippen molar-refractivity contribution in [2.24, 2.45) is 17.8 Å². The van der Waals surface area contributed by atoms with E-state index < -0.39 is 5.97 Å². The summed E-state index contributed by atoms with van der Waals surface area (Å²) < 4.78 is 0. The van der Waals surface area contributed by atoms with Gasteiger partial charge in [-0.25, -0.2) is 0 Å². The van der Waals surface area contributed by atoms with E-state index in [1.807, 2.05) is 0 Å². The Labute approximate surface area is 114 Å². The molecule has 0 aromatic carbocycles. The predicted octanol–water partition coefficient (Wildman–Crippen LogP) is 2.35. The number of nitrogens with one attached hydrogen (secondary N) is 1. The molecule has 0 aromatic rings. The van der Waals surface area contributed by atoms with Gasteiger partial charge >= 0.3 is 5.97 Å². The van der Waals surface area contributed by atoms with E-state index in [2.05, 4.69) is 17.5 Å². The number of amides is 1. The normalized spacial score (nSPS) is 30.8. The van der Waals surface area contributed by atoms with E-state index in [0.717, 1.165) is 25.8 Å². The lowest BCUT2D eigenvalue weighted by Crippen LogP contribution is -2.37. The Hall–Kier alpha value is -1.32. The highest BCUT2D eigenvalue weighted by molar-refractivity contribution is 5.79. The van der Waals surface area contributed by atoms with Gasteiger partial charge in [0.05, 0.1) is 5.92 Å². The van der Waals surface area contributed by atoms with Crippen molar-refractivity contribution in [3.63, 3.8) is 0 Å². The molecule has 0 bridgehead atoms. The monoisotopic (exact) mass is 265 g/mol. The number of carboxylic acids is 1. The van der Waals surface area contributed by atoms with Crippen molar-refractivity contribution in [2.45, 2.75) is 44.9 Å². The van der Waals surface area contributed by atoms with Crippen molar-refractivity contribution in [3.05, 3.63) is 12.2 Å². The van der Waals surface area contributed by atoms with Crippen LogP contribution in [0, 0.1) is 17.8 Å². The smallest absolute Gasteiger partial charge is 0.306 e. The fraction of sp³-hybridized carbons (Fsp3) is 0.733. The second-order valence-corrected chi connectivity index (χ2v) is 5.78. The highest BCUT2D eigenvalue weighted by Crippen LogP contribution is 2.29. The van der Waals surface area contributed by atoms with Gasteiger partial charge in [-0.1, -0.05) is 12.2 Å². The van der Waals surface area contributed by atoms with Crippen molar-refractivity contribution in [2.75, 3.05) is 6.54 Å². The summed E-state index contributed by atoms with van der Waals surface area (Å²) in [4.78, 5) is 22.9. The lowest BCUT2D eigenvalue weighted by molar-refractivity contribution is -0.144. The molecule has 4 nitrogen and oxygen atoms in total. The van der Waals surface area contributed by atoms with Gasteiger partial charge < -0.3 is 10.4 Å². The van der Waals surface area contributed by atoms with Crippen LogP contribution in [-0.2, 0) is 9.59 Å². The van der Waals surface area contributed by atoms with Crippen LogP contribution in [0.2, 0.25) is 0 Å². The minimum Gasteiger partial charge on any atom is -0.481 e. The SMILES string of the molecule is O=C(O)C1CCC(C(=O)NCC2CC=CCC2)CC1. The minimum absolute atomic E-state index is 0.0229. The van der Waals surface area contributed by atoms with E-state index in [0.29, 0.717) is 31.6 Å². The molecule has 2 rings (SSSR count). The van der Waals surface area contributed by atoms with Crippen LogP contribution in [0.3, 0.4) is 0 Å². The summed E-state index contributed by atoms with van der Waals surface area (Å²) in [5.41, 5.74) is 0. The highest BCUT2D eigenvalue weighted by Gasteiger charge is 2.29. The lowest BCUT2D eigenvalue weighted by Gasteiger charge is -2.26. The number of allylic oxidation sites excluding steroid dienone is 2. The molecule has 1 fully saturated rings. The summed E-state index contributed by atoms with van der Waals surface area (Å²) in [6.45, 7) is 0.766. The predicted molar refractivity (Wildman–Crippen MR) is 72.6 cm³/mol. The summed E-state index contributed by atoms with van der Waals surface area (Å²) >= 11 is 0. The molecule has 106 valence electrons. The van der Waals surface area contributed by atoms with Gasteiger partial charge in [-0.05, 0) is 50.9 Å². The molecule has 0 radical (unpaired) electrons. The molecule has 0 aliphatic heterocycles. The van der Waals surface area contributed by atoms with Crippen molar-refractivity contribution in [1.82, 2.24) is 5.32 Å². The Bertz CT molecular complexity index is 356. The molecule has 2 aliphatic rings. The zero-order valence-corrected chi connectivity index (χ0v) is 11.3. The first kappa shape index (κ1) is 14.1. The number of aliphatic carboxylic acids is 1. The molecule has 2 N–H and O–H groups in total. The molecule has 0 saturated heterocycles. The van der Waals surface area contributed by atoms with Crippen molar-refractivity contribution in [3.8, 4) is 0 Å². The maximum Gasteiger partial charge on any atom is 0.306 e. The number of hydrogen-bond acceptors (Lipinski definition) is 2. The molecule has 0 heterocycles. The first-order valence-electron chi connectivity index (χ1n) is 7.32. The second kappa shape index (κ2) is 6.73. The third-order valence-electron chi connectivity index (χ3n) is 4.39. The molecule has 1 saturated carbocycles. The average Bonchev–Trinajstić information content (AvgIpc) is 2.46. The fourth-order valence-corrected chi connectivity index (χ4v) is 3.03. The first-order chi connectivity index (χ1) is 9.16. The van der Waals surface area contributed by atoms with E-state index in [9.17, 15) is 9.59 Å². The van der Waals surface area contributed by atoms with Crippen molar-refractivity contribution in [1.29, 1.82) is 0 Å². The first-order valence-corrected chi connectivity index (χ1v) is 7.32. The third kappa shape index (κ3) is 4.08. The van der Waals surface area contributed by atoms with Gasteiger partial charge in [0, 0.05) is 12.5 Å². The Morgan fingerprint density at radius 1 is 1.05 bits per heavy atom. The van der Waals surface area contributed by atoms with Gasteiger partial charge in [-0.3, -0.25) is 9.59 Å². The molecule has 0 aromatic heterocycles. The van der Waals surface area contributed by atoms with Gasteiger partial charge in [0.1, 0.15) is 0 Å². The fourth-order valence-electron chi connectivity index (χ4n) is 3.03. The van der Waals surface area contributed by atoms with E-state index in [1.54, 1.807) is 0 Å². The largest absolute Gasteiger partial charge is 0.481 e. The van der Waals surface area contributed by atoms with E-state index in [4.69, 9.17) is 5.11 Å². The van der Waals surface area contributed by atoms with Crippen LogP contribution in [0.25, 0.3) is 0 Å². The second-order valence-electron chi connectivity index (χ2n) is 5.78. The Morgan fingerprint density at radius 3 is 2.32 bits per heavy atom. The number of rotatable bonds is 4. The van der Waals surface area contributed by atoms with Crippen molar-refractivity contribution >= 4 is 11.9 Å². The Morgan fingerprint density at radius 2 is 1.74 bits per heavy atom. The number of carbonyl (C=O) groups excluding carboxylic acids is 1. The molecule has 1 atom stereocenters. The van der Waals surface area contributed by atoms with Crippen LogP contribution >= 0.6 is 0 Å². The summed E-state index contributed by atoms with van der Waals surface area (Å²) in [6.07, 6.45) is 10.4. The maximum atomic E-state index is 12.0. The third-order valence-corrected chi connectivity index (χ3v) is 4.39. The van der Waals surface area contributed by atoms with Crippen LogP contribution in [0.5, 0.6) is 0 Å². The Balaban J connectivity index is 1.69. The van der Waals surface area contributed by atoms with Crippen LogP contribution in [0.15, 0.2) is 12.2 Å². The van der Waals surface area contributed by atoms with Crippen LogP contribution in [-0.4, -0.2) is 23.5 Å². The Kier molecular flexibility index (Phi) is 5.00. The van der Waals surface area contributed by atoms with Crippen LogP contribution in [0.4, 0.5) is 0 Å². The lowest BCUT2D eigenvalue weighted by atomic mass is 9.81. The molecule has 0 spiro atoms. The standard InChI is InChI=1S/C15H23NO3/c17-14(16-10-11-4-2-1-3-5-11)12-6-8-13(9-7-12)15(18)19/h1-2,11-13H,3-10H2,(H,16,17)(H,18,19). The maximum absolute atomic E-state index is 12.0. The minimum atomic E-state index is -0.715. The van der Waals surface area contributed by atoms with Gasteiger partial charge in [0.2, 0.25) is 5.91 Å². The number of hydrogen-bond donors (Lipinski definition) is 2. The van der Waals surface area contributed by atoms with Crippen molar-refractivity contribution < 1.29 is 14.7 Å². The molecule has 4 heteroatoms. The average molecular weight is 265 g/mol. The summed E-state index contributed by atoms with van der Waals surface area (Å²) in [5.74, 6) is -0.238. The molecule has 1 amide bonds. The van der Waals surface area contributed by atoms with E-state index in [-0.39, 0.29) is 17.7 Å². The van der Waals surface area contributed by atoms with Gasteiger partial charge in [0.15, 0.2) is 0 Å². The molecular weight excluding hydrogens is 242 g/mol. The zero-order valence-electron chi connectivity index (χ0n) is 11.3. The molecule has 1 unspecified atom stereocenters. The number of carboxylic acid groups (broad SMARTS) is 1. The molecule has 19 heavy (non-hydrogen) atoms. The quantitative estimate of drug-likeness (QED) is 0.767. The summed E-state index contributed by atoms with van der Waals surface area (Å²) in [5, 5.41) is 12.0. The van der Waals surface area contributed by atoms with E-state index >= 15 is 0 Å². The molecular formula is C15H23NO3.